The van der Waals surface area contributed by atoms with Crippen molar-refractivity contribution < 1.29 is 18.0 Å². The van der Waals surface area contributed by atoms with Crippen LogP contribution in [-0.4, -0.2) is 37.3 Å². The van der Waals surface area contributed by atoms with Gasteiger partial charge in [0.25, 0.3) is 0 Å². The van der Waals surface area contributed by atoms with Crippen molar-refractivity contribution in [2.45, 2.75) is 66.5 Å². The fraction of sp³-hybridized carbons (Fsp3) is 0.556. The van der Waals surface area contributed by atoms with E-state index >= 15 is 0 Å². The maximum Gasteiger partial charge on any atom is 0.225 e. The van der Waals surface area contributed by atoms with Gasteiger partial charge in [-0.2, -0.15) is 0 Å². The first kappa shape index (κ1) is 19.2. The first-order chi connectivity index (χ1) is 12.3. The van der Waals surface area contributed by atoms with Crippen LogP contribution in [0.1, 0.15) is 45.4 Å². The van der Waals surface area contributed by atoms with Crippen LogP contribution in [0.2, 0.25) is 0 Å². The van der Waals surface area contributed by atoms with Crippen LogP contribution in [0.4, 0.5) is 5.69 Å². The van der Waals surface area contributed by atoms with Gasteiger partial charge in [-0.05, 0) is 31.0 Å². The van der Waals surface area contributed by atoms with Gasteiger partial charge in [0.15, 0.2) is 9.84 Å². The molecule has 0 bridgehead atoms. The summed E-state index contributed by atoms with van der Waals surface area (Å²) in [6.45, 7) is 1.97. The molecule has 142 valence electrons. The molecule has 1 heterocycles. The number of fused-ring (bicyclic) bond motifs is 1. The molecular formula is C18H24N2O4S2. The zero-order valence-corrected chi connectivity index (χ0v) is 16.4. The van der Waals surface area contributed by atoms with E-state index < -0.39 is 9.84 Å². The standard InChI is InChI=1S/C18H24N2O4S2/c1-12-10-18(22)20-15-11-14(6-7-16(15)25-12)26(23,24)9-8-17(21)19-13-4-2-3-5-13/h6-7,11-13H,2-5,8-10H2,1H3,(H,19,21)(H,20,22)/t12-/m0/s1. The fourth-order valence-electron chi connectivity index (χ4n) is 3.34. The molecule has 1 atom stereocenters. The minimum atomic E-state index is -3.59. The quantitative estimate of drug-likeness (QED) is 0.798. The SMILES string of the molecule is C[C@H]1CC(=O)Nc2cc(S(=O)(=O)CCC(=O)NC3CCCC3)ccc2S1. The normalized spacial score (nSPS) is 21.0. The third-order valence-electron chi connectivity index (χ3n) is 4.70. The number of rotatable bonds is 5. The molecule has 0 unspecified atom stereocenters. The lowest BCUT2D eigenvalue weighted by Gasteiger charge is -2.13. The summed E-state index contributed by atoms with van der Waals surface area (Å²) in [6.07, 6.45) is 4.51. The Morgan fingerprint density at radius 1 is 1.31 bits per heavy atom. The largest absolute Gasteiger partial charge is 0.353 e. The van der Waals surface area contributed by atoms with E-state index in [-0.39, 0.29) is 40.2 Å². The first-order valence-electron chi connectivity index (χ1n) is 8.96. The number of carbonyl (C=O) groups excluding carboxylic acids is 2. The van der Waals surface area contributed by atoms with E-state index in [9.17, 15) is 18.0 Å². The Hall–Kier alpha value is -1.54. The Kier molecular flexibility index (Phi) is 5.92. The van der Waals surface area contributed by atoms with Gasteiger partial charge in [-0.15, -0.1) is 11.8 Å². The highest BCUT2D eigenvalue weighted by Crippen LogP contribution is 2.36. The van der Waals surface area contributed by atoms with Crippen molar-refractivity contribution >= 4 is 39.1 Å². The van der Waals surface area contributed by atoms with Gasteiger partial charge in [0.05, 0.1) is 16.3 Å². The molecule has 1 saturated carbocycles. The third kappa shape index (κ3) is 4.79. The molecule has 1 aliphatic carbocycles. The van der Waals surface area contributed by atoms with Crippen molar-refractivity contribution in [3.05, 3.63) is 18.2 Å². The second kappa shape index (κ2) is 8.00. The number of thioether (sulfide) groups is 1. The zero-order chi connectivity index (χ0) is 18.7. The van der Waals surface area contributed by atoms with E-state index in [1.54, 1.807) is 23.9 Å². The highest BCUT2D eigenvalue weighted by Gasteiger charge is 2.23. The number of amides is 2. The minimum Gasteiger partial charge on any atom is -0.353 e. The number of hydrogen-bond donors (Lipinski definition) is 2. The summed E-state index contributed by atoms with van der Waals surface area (Å²) in [4.78, 5) is 24.9. The van der Waals surface area contributed by atoms with E-state index in [0.29, 0.717) is 12.1 Å². The van der Waals surface area contributed by atoms with E-state index in [1.165, 1.54) is 6.07 Å². The van der Waals surface area contributed by atoms with Crippen LogP contribution in [0.3, 0.4) is 0 Å². The average molecular weight is 397 g/mol. The van der Waals surface area contributed by atoms with Crippen LogP contribution in [-0.2, 0) is 19.4 Å². The molecule has 0 saturated heterocycles. The predicted octanol–water partition coefficient (Wildman–Crippen LogP) is 2.73. The van der Waals surface area contributed by atoms with Gasteiger partial charge in [0, 0.05) is 29.0 Å². The van der Waals surface area contributed by atoms with Gasteiger partial charge in [-0.1, -0.05) is 19.8 Å². The highest BCUT2D eigenvalue weighted by molar-refractivity contribution is 8.00. The van der Waals surface area contributed by atoms with Crippen LogP contribution >= 0.6 is 11.8 Å². The number of sulfone groups is 1. The molecule has 0 spiro atoms. The van der Waals surface area contributed by atoms with Crippen molar-refractivity contribution in [2.75, 3.05) is 11.1 Å². The first-order valence-corrected chi connectivity index (χ1v) is 11.5. The highest BCUT2D eigenvalue weighted by atomic mass is 32.2. The van der Waals surface area contributed by atoms with Gasteiger partial charge < -0.3 is 10.6 Å². The van der Waals surface area contributed by atoms with E-state index in [2.05, 4.69) is 10.6 Å². The van der Waals surface area contributed by atoms with Crippen LogP contribution in [0, 0.1) is 0 Å². The summed E-state index contributed by atoms with van der Waals surface area (Å²) in [5, 5.41) is 5.82. The predicted molar refractivity (Wildman–Crippen MR) is 102 cm³/mol. The second-order valence-corrected chi connectivity index (χ2v) is 10.5. The molecule has 2 amide bonds. The van der Waals surface area contributed by atoms with Crippen LogP contribution in [0.5, 0.6) is 0 Å². The Morgan fingerprint density at radius 3 is 2.77 bits per heavy atom. The molecule has 1 aromatic rings. The average Bonchev–Trinajstić information content (AvgIpc) is 3.02. The van der Waals surface area contributed by atoms with E-state index in [4.69, 9.17) is 0 Å². The molecule has 1 aliphatic heterocycles. The Labute approximate surface area is 158 Å². The van der Waals surface area contributed by atoms with Crippen LogP contribution in [0.15, 0.2) is 28.0 Å². The number of benzene rings is 1. The molecule has 8 heteroatoms. The van der Waals surface area contributed by atoms with Gasteiger partial charge in [0.1, 0.15) is 0 Å². The maximum atomic E-state index is 12.6. The monoisotopic (exact) mass is 396 g/mol. The van der Waals surface area contributed by atoms with Gasteiger partial charge in [0.2, 0.25) is 11.8 Å². The van der Waals surface area contributed by atoms with E-state index in [1.807, 2.05) is 6.92 Å². The summed E-state index contributed by atoms with van der Waals surface area (Å²) < 4.78 is 25.2. The van der Waals surface area contributed by atoms with Crippen molar-refractivity contribution in [3.63, 3.8) is 0 Å². The van der Waals surface area contributed by atoms with Crippen molar-refractivity contribution in [2.24, 2.45) is 0 Å². The lowest BCUT2D eigenvalue weighted by molar-refractivity contribution is -0.121. The summed E-state index contributed by atoms with van der Waals surface area (Å²) in [5.41, 5.74) is 0.529. The number of carbonyl (C=O) groups is 2. The molecule has 6 nitrogen and oxygen atoms in total. The number of nitrogens with one attached hydrogen (secondary N) is 2. The summed E-state index contributed by atoms with van der Waals surface area (Å²) in [6, 6.07) is 4.97. The number of anilines is 1. The Balaban J connectivity index is 1.67. The molecule has 2 aliphatic rings. The Bertz CT molecular complexity index is 801. The lowest BCUT2D eigenvalue weighted by atomic mass is 10.2. The van der Waals surface area contributed by atoms with Gasteiger partial charge in [-0.25, -0.2) is 8.42 Å². The second-order valence-electron chi connectivity index (χ2n) is 6.96. The van der Waals surface area contributed by atoms with Crippen molar-refractivity contribution in [1.29, 1.82) is 0 Å². The number of hydrogen-bond acceptors (Lipinski definition) is 5. The molecular weight excluding hydrogens is 372 g/mol. The minimum absolute atomic E-state index is 0.0476. The maximum absolute atomic E-state index is 12.6. The topological polar surface area (TPSA) is 92.3 Å². The molecule has 2 N–H and O–H groups in total. The Morgan fingerprint density at radius 2 is 2.04 bits per heavy atom. The van der Waals surface area contributed by atoms with Crippen molar-refractivity contribution in [3.8, 4) is 0 Å². The molecule has 0 radical (unpaired) electrons. The lowest BCUT2D eigenvalue weighted by Crippen LogP contribution is -2.33. The molecule has 26 heavy (non-hydrogen) atoms. The third-order valence-corrected chi connectivity index (χ3v) is 7.60. The summed E-state index contributed by atoms with van der Waals surface area (Å²) in [5.74, 6) is -0.566. The zero-order valence-electron chi connectivity index (χ0n) is 14.8. The fourth-order valence-corrected chi connectivity index (χ4v) is 5.65. The van der Waals surface area contributed by atoms with Crippen LogP contribution in [0.25, 0.3) is 0 Å². The van der Waals surface area contributed by atoms with Gasteiger partial charge in [-0.3, -0.25) is 9.59 Å². The van der Waals surface area contributed by atoms with Gasteiger partial charge >= 0.3 is 0 Å². The molecule has 0 aromatic heterocycles. The molecule has 3 rings (SSSR count). The van der Waals surface area contributed by atoms with E-state index in [0.717, 1.165) is 30.6 Å². The molecule has 1 fully saturated rings. The van der Waals surface area contributed by atoms with Crippen LogP contribution < -0.4 is 10.6 Å². The summed E-state index contributed by atoms with van der Waals surface area (Å²) >= 11 is 1.55. The van der Waals surface area contributed by atoms with Crippen molar-refractivity contribution in [1.82, 2.24) is 5.32 Å². The smallest absolute Gasteiger partial charge is 0.225 e. The summed E-state index contributed by atoms with van der Waals surface area (Å²) in [7, 11) is -3.59. The molecule has 1 aromatic carbocycles.